The molecular formula is C11H20N3O13P3S2. The maximum Gasteiger partial charge on any atom is 0.490 e. The van der Waals surface area contributed by atoms with Crippen molar-refractivity contribution >= 4 is 50.9 Å². The summed E-state index contributed by atoms with van der Waals surface area (Å²) in [7, 11) is -13.7. The van der Waals surface area contributed by atoms with Crippen molar-refractivity contribution in [2.45, 2.75) is 24.9 Å². The van der Waals surface area contributed by atoms with Crippen molar-refractivity contribution in [2.75, 3.05) is 24.5 Å². The first-order chi connectivity index (χ1) is 14.7. The Bertz CT molecular complexity index is 989. The summed E-state index contributed by atoms with van der Waals surface area (Å²) in [5.41, 5.74) is 4.75. The van der Waals surface area contributed by atoms with E-state index in [4.69, 9.17) is 25.0 Å². The van der Waals surface area contributed by atoms with Crippen LogP contribution in [0.5, 0.6) is 0 Å². The van der Waals surface area contributed by atoms with Gasteiger partial charge in [-0.05, 0) is 12.3 Å². The first-order valence-corrected chi connectivity index (χ1v) is 15.5. The number of nitrogen functional groups attached to an aromatic ring is 1. The van der Waals surface area contributed by atoms with Gasteiger partial charge in [0.25, 0.3) is 0 Å². The van der Waals surface area contributed by atoms with Crippen molar-refractivity contribution in [3.63, 3.8) is 0 Å². The molecule has 1 aromatic heterocycles. The first-order valence-electron chi connectivity index (χ1n) is 8.27. The Morgan fingerprint density at radius 2 is 1.94 bits per heavy atom. The normalized spacial score (nSPS) is 25.3. The largest absolute Gasteiger partial charge is 0.490 e. The van der Waals surface area contributed by atoms with Crippen LogP contribution in [0, 0.1) is 0 Å². The molecule has 2 heterocycles. The molecule has 6 N–H and O–H groups in total. The van der Waals surface area contributed by atoms with Crippen molar-refractivity contribution in [3.05, 3.63) is 22.7 Å². The number of ether oxygens (including phenoxy) is 2. The minimum absolute atomic E-state index is 0.00220. The summed E-state index contributed by atoms with van der Waals surface area (Å²) in [5, 5.41) is 0. The fourth-order valence-electron chi connectivity index (χ4n) is 2.48. The summed E-state index contributed by atoms with van der Waals surface area (Å²) in [6.45, 7) is -0.716. The Morgan fingerprint density at radius 1 is 1.25 bits per heavy atom. The molecule has 5 atom stereocenters. The van der Waals surface area contributed by atoms with Gasteiger partial charge >= 0.3 is 29.2 Å². The van der Waals surface area contributed by atoms with Crippen LogP contribution in [0.1, 0.15) is 12.6 Å². The van der Waals surface area contributed by atoms with E-state index in [1.165, 1.54) is 33.9 Å². The average molecular weight is 559 g/mol. The number of nitrogens with zero attached hydrogens (tertiary/aromatic N) is 2. The molecule has 3 unspecified atom stereocenters. The number of nitrogens with two attached hydrogens (primary N) is 1. The molecule has 21 heteroatoms. The fourth-order valence-corrected chi connectivity index (χ4v) is 6.29. The number of hydrogen-bond acceptors (Lipinski definition) is 13. The molecule has 1 fully saturated rings. The Balaban J connectivity index is 2.08. The van der Waals surface area contributed by atoms with Gasteiger partial charge in [-0.25, -0.2) is 18.5 Å². The van der Waals surface area contributed by atoms with Gasteiger partial charge < -0.3 is 34.8 Å². The molecule has 1 aromatic rings. The van der Waals surface area contributed by atoms with E-state index in [1.54, 1.807) is 0 Å². The number of phosphoric ester groups is 1. The van der Waals surface area contributed by atoms with Crippen LogP contribution in [-0.4, -0.2) is 60.1 Å². The van der Waals surface area contributed by atoms with Crippen molar-refractivity contribution in [2.24, 2.45) is 0 Å². The van der Waals surface area contributed by atoms with E-state index in [-0.39, 0.29) is 18.2 Å². The molecule has 0 aliphatic carbocycles. The highest BCUT2D eigenvalue weighted by molar-refractivity contribution is 8.76. The Hall–Kier alpha value is -0.290. The van der Waals surface area contributed by atoms with Crippen LogP contribution in [-0.2, 0) is 36.3 Å². The second-order valence-electron chi connectivity index (χ2n) is 5.90. The quantitative estimate of drug-likeness (QED) is 0.103. The highest BCUT2D eigenvalue weighted by atomic mass is 33.1. The van der Waals surface area contributed by atoms with Gasteiger partial charge in [0.05, 0.1) is 12.7 Å². The topological polar surface area (TPSA) is 239 Å². The molecule has 0 amide bonds. The molecule has 1 aliphatic heterocycles. The minimum atomic E-state index is -5.65. The zero-order chi connectivity index (χ0) is 24.2. The number of hydrogen-bond donors (Lipinski definition) is 5. The van der Waals surface area contributed by atoms with Gasteiger partial charge in [-0.15, -0.1) is 0 Å². The van der Waals surface area contributed by atoms with E-state index >= 15 is 0 Å². The molecule has 0 spiro atoms. The van der Waals surface area contributed by atoms with E-state index in [2.05, 4.69) is 18.1 Å². The van der Waals surface area contributed by atoms with Gasteiger partial charge in [0.1, 0.15) is 24.1 Å². The highest BCUT2D eigenvalue weighted by Gasteiger charge is 2.43. The maximum atomic E-state index is 12.1. The first kappa shape index (κ1) is 28.0. The summed E-state index contributed by atoms with van der Waals surface area (Å²) in [6.07, 6.45) is 0.593. The van der Waals surface area contributed by atoms with Crippen LogP contribution >= 0.6 is 45.1 Å². The van der Waals surface area contributed by atoms with Gasteiger partial charge in [-0.1, -0.05) is 21.6 Å². The summed E-state index contributed by atoms with van der Waals surface area (Å²) < 4.78 is 58.4. The second kappa shape index (κ2) is 11.4. The van der Waals surface area contributed by atoms with Crippen LogP contribution in [0.3, 0.4) is 0 Å². The smallest absolute Gasteiger partial charge is 0.383 e. The van der Waals surface area contributed by atoms with Crippen molar-refractivity contribution in [3.8, 4) is 0 Å². The molecule has 0 aromatic carbocycles. The van der Waals surface area contributed by atoms with E-state index in [0.717, 1.165) is 4.57 Å². The van der Waals surface area contributed by atoms with Crippen molar-refractivity contribution in [1.29, 1.82) is 0 Å². The summed E-state index contributed by atoms with van der Waals surface area (Å²) in [5.74, 6) is 0.195. The molecule has 2 rings (SSSR count). The lowest BCUT2D eigenvalue weighted by Crippen LogP contribution is -2.29. The van der Waals surface area contributed by atoms with Crippen LogP contribution in [0.4, 0.5) is 5.82 Å². The standard InChI is InChI=1S/C11H20N3O13P3S2/c1-31-32-6-23-7-4-10(14-3-2-9(12)13-11(14)15)25-8(7)5-24-29(19,20)27-30(21,22)26-28(16,17)18/h2-3,7-8,10H,4-6H2,1H3,(H,19,20)(H,21,22)(H2,12,13,15)(H2,16,17,18)/t7?,8-,10-/m1/s1. The third-order valence-corrected chi connectivity index (χ3v) is 8.87. The van der Waals surface area contributed by atoms with Gasteiger partial charge in [-0.2, -0.15) is 13.6 Å². The molecular weight excluding hydrogens is 539 g/mol. The monoisotopic (exact) mass is 559 g/mol. The average Bonchev–Trinajstić information content (AvgIpc) is 3.00. The zero-order valence-corrected chi connectivity index (χ0v) is 20.4. The van der Waals surface area contributed by atoms with Gasteiger partial charge in [0.15, 0.2) is 0 Å². The predicted octanol–water partition coefficient (Wildman–Crippen LogP) is 0.810. The molecule has 0 bridgehead atoms. The second-order valence-corrected chi connectivity index (χ2v) is 12.8. The molecule has 184 valence electrons. The molecule has 32 heavy (non-hydrogen) atoms. The Kier molecular flexibility index (Phi) is 9.98. The summed E-state index contributed by atoms with van der Waals surface area (Å²) in [4.78, 5) is 51.6. The van der Waals surface area contributed by atoms with Gasteiger partial charge in [0.2, 0.25) is 0 Å². The highest BCUT2D eigenvalue weighted by Crippen LogP contribution is 2.66. The van der Waals surface area contributed by atoms with Gasteiger partial charge in [-0.3, -0.25) is 9.09 Å². The minimum Gasteiger partial charge on any atom is -0.383 e. The van der Waals surface area contributed by atoms with Crippen LogP contribution in [0.2, 0.25) is 0 Å². The maximum absolute atomic E-state index is 12.1. The lowest BCUT2D eigenvalue weighted by Gasteiger charge is -2.21. The van der Waals surface area contributed by atoms with Crippen molar-refractivity contribution in [1.82, 2.24) is 9.55 Å². The van der Waals surface area contributed by atoms with Crippen LogP contribution in [0.25, 0.3) is 0 Å². The predicted molar refractivity (Wildman–Crippen MR) is 112 cm³/mol. The number of anilines is 1. The molecule has 0 saturated carbocycles. The zero-order valence-electron chi connectivity index (χ0n) is 16.1. The third kappa shape index (κ3) is 9.16. The van der Waals surface area contributed by atoms with Crippen molar-refractivity contribution < 1.29 is 55.9 Å². The fraction of sp³-hybridized carbons (Fsp3) is 0.636. The molecule has 1 saturated heterocycles. The van der Waals surface area contributed by atoms with E-state index < -0.39 is 54.2 Å². The third-order valence-electron chi connectivity index (χ3n) is 3.61. The lowest BCUT2D eigenvalue weighted by molar-refractivity contribution is -0.0542. The Labute approximate surface area is 188 Å². The van der Waals surface area contributed by atoms with Gasteiger partial charge in [0, 0.05) is 12.6 Å². The lowest BCUT2D eigenvalue weighted by atomic mass is 10.2. The van der Waals surface area contributed by atoms with E-state index in [1.807, 2.05) is 6.26 Å². The number of rotatable bonds is 12. The molecule has 0 radical (unpaired) electrons. The Morgan fingerprint density at radius 3 is 2.53 bits per heavy atom. The van der Waals surface area contributed by atoms with Crippen LogP contribution in [0.15, 0.2) is 17.1 Å². The van der Waals surface area contributed by atoms with Crippen LogP contribution < -0.4 is 11.4 Å². The number of aromatic nitrogens is 2. The number of phosphoric acid groups is 3. The summed E-state index contributed by atoms with van der Waals surface area (Å²) >= 11 is 0. The summed E-state index contributed by atoms with van der Waals surface area (Å²) in [6, 6.07) is 1.36. The molecule has 1 aliphatic rings. The van der Waals surface area contributed by atoms with E-state index in [9.17, 15) is 28.3 Å². The molecule has 16 nitrogen and oxygen atoms in total. The SMILES string of the molecule is CSSCOC1C[C@H](n2ccc(N)nc2=O)O[C@@H]1COP(=O)(O)OP(=O)(O)OP(=O)(O)O. The van der Waals surface area contributed by atoms with E-state index in [0.29, 0.717) is 0 Å².